The van der Waals surface area contributed by atoms with Crippen LogP contribution in [0.3, 0.4) is 0 Å². The van der Waals surface area contributed by atoms with Gasteiger partial charge >= 0.3 is 0 Å². The van der Waals surface area contributed by atoms with E-state index in [9.17, 15) is 8.42 Å². The molecule has 0 amide bonds. The molecule has 0 fully saturated rings. The van der Waals surface area contributed by atoms with E-state index < -0.39 is 10.0 Å². The highest BCUT2D eigenvalue weighted by Crippen LogP contribution is 2.10. The topological polar surface area (TPSA) is 59.1 Å². The van der Waals surface area contributed by atoms with Crippen molar-refractivity contribution in [1.29, 1.82) is 0 Å². The van der Waals surface area contributed by atoms with Crippen molar-refractivity contribution >= 4 is 21.4 Å². The fraction of sp³-hybridized carbons (Fsp3) is 0.250. The Balaban J connectivity index is 1.97. The van der Waals surface area contributed by atoms with Crippen molar-refractivity contribution in [2.75, 3.05) is 6.54 Å². The number of aryl methyl sites for hydroxylation is 1. The Morgan fingerprint density at radius 2 is 2.00 bits per heavy atom. The second-order valence-corrected chi connectivity index (χ2v) is 6.63. The van der Waals surface area contributed by atoms with E-state index in [-0.39, 0.29) is 0 Å². The first-order valence-electron chi connectivity index (χ1n) is 5.53. The second-order valence-electron chi connectivity index (χ2n) is 3.89. The Kier molecular flexibility index (Phi) is 4.11. The molecule has 0 radical (unpaired) electrons. The second kappa shape index (κ2) is 5.60. The molecule has 18 heavy (non-hydrogen) atoms. The predicted octanol–water partition coefficient (Wildman–Crippen LogP) is 1.97. The number of aromatic nitrogens is 1. The van der Waals surface area contributed by atoms with E-state index in [4.69, 9.17) is 0 Å². The molecule has 0 bridgehead atoms. The molecule has 0 unspecified atom stereocenters. The summed E-state index contributed by atoms with van der Waals surface area (Å²) in [6.45, 7) is 2.29. The molecule has 1 aromatic heterocycles. The molecule has 0 atom stereocenters. The van der Waals surface area contributed by atoms with Gasteiger partial charge in [-0.2, -0.15) is 0 Å². The summed E-state index contributed by atoms with van der Waals surface area (Å²) in [7, 11) is -3.40. The van der Waals surface area contributed by atoms with Crippen LogP contribution in [0.2, 0.25) is 0 Å². The van der Waals surface area contributed by atoms with Crippen LogP contribution in [0.25, 0.3) is 0 Å². The van der Waals surface area contributed by atoms with Crippen LogP contribution >= 0.6 is 11.3 Å². The number of thiazole rings is 1. The lowest BCUT2D eigenvalue weighted by atomic mass is 10.2. The summed E-state index contributed by atoms with van der Waals surface area (Å²) in [4.78, 5) is 4.40. The Morgan fingerprint density at radius 3 is 2.61 bits per heavy atom. The third kappa shape index (κ3) is 3.38. The molecule has 0 spiro atoms. The van der Waals surface area contributed by atoms with E-state index in [0.29, 0.717) is 17.9 Å². The van der Waals surface area contributed by atoms with Gasteiger partial charge in [-0.3, -0.25) is 0 Å². The first-order chi connectivity index (χ1) is 8.58. The largest absolute Gasteiger partial charge is 0.250 e. The maximum absolute atomic E-state index is 11.9. The SMILES string of the molecule is Cc1ccc(S(=O)(=O)NCCc2nccs2)cc1. The van der Waals surface area contributed by atoms with Gasteiger partial charge in [0.05, 0.1) is 9.90 Å². The lowest BCUT2D eigenvalue weighted by Gasteiger charge is -2.06. The summed E-state index contributed by atoms with van der Waals surface area (Å²) in [5, 5.41) is 2.81. The van der Waals surface area contributed by atoms with Crippen molar-refractivity contribution in [2.24, 2.45) is 0 Å². The van der Waals surface area contributed by atoms with E-state index in [0.717, 1.165) is 10.6 Å². The molecule has 96 valence electrons. The van der Waals surface area contributed by atoms with Gasteiger partial charge in [0.2, 0.25) is 10.0 Å². The van der Waals surface area contributed by atoms with Crippen LogP contribution in [-0.2, 0) is 16.4 Å². The van der Waals surface area contributed by atoms with Gasteiger partial charge in [-0.15, -0.1) is 11.3 Å². The van der Waals surface area contributed by atoms with Crippen LogP contribution in [0.4, 0.5) is 0 Å². The summed E-state index contributed by atoms with van der Waals surface area (Å²) in [5.74, 6) is 0. The maximum Gasteiger partial charge on any atom is 0.240 e. The number of benzene rings is 1. The third-order valence-electron chi connectivity index (χ3n) is 2.45. The molecule has 1 aromatic carbocycles. The van der Waals surface area contributed by atoms with E-state index in [2.05, 4.69) is 9.71 Å². The fourth-order valence-electron chi connectivity index (χ4n) is 1.47. The van der Waals surface area contributed by atoms with Gasteiger partial charge in [0, 0.05) is 24.5 Å². The van der Waals surface area contributed by atoms with Gasteiger partial charge in [-0.1, -0.05) is 17.7 Å². The first-order valence-corrected chi connectivity index (χ1v) is 7.89. The molecule has 4 nitrogen and oxygen atoms in total. The summed E-state index contributed by atoms with van der Waals surface area (Å²) in [6.07, 6.45) is 2.33. The zero-order valence-electron chi connectivity index (χ0n) is 9.96. The standard InChI is InChI=1S/C12H14N2O2S2/c1-10-2-4-11(5-3-10)18(15,16)14-7-6-12-13-8-9-17-12/h2-5,8-9,14H,6-7H2,1H3. The third-order valence-corrected chi connectivity index (χ3v) is 4.76. The highest BCUT2D eigenvalue weighted by molar-refractivity contribution is 7.89. The molecule has 2 rings (SSSR count). The first kappa shape index (κ1) is 13.2. The Morgan fingerprint density at radius 1 is 1.28 bits per heavy atom. The van der Waals surface area contributed by atoms with Crippen LogP contribution in [0.5, 0.6) is 0 Å². The summed E-state index contributed by atoms with van der Waals surface area (Å²) < 4.78 is 26.5. The predicted molar refractivity (Wildman–Crippen MR) is 72.2 cm³/mol. The number of nitrogens with zero attached hydrogens (tertiary/aromatic N) is 1. The number of hydrogen-bond donors (Lipinski definition) is 1. The highest BCUT2D eigenvalue weighted by atomic mass is 32.2. The van der Waals surface area contributed by atoms with Crippen molar-refractivity contribution in [3.8, 4) is 0 Å². The number of sulfonamides is 1. The molecule has 6 heteroatoms. The van der Waals surface area contributed by atoms with E-state index in [1.807, 2.05) is 12.3 Å². The normalized spacial score (nSPS) is 11.6. The minimum atomic E-state index is -3.40. The molecule has 1 heterocycles. The van der Waals surface area contributed by atoms with Crippen LogP contribution < -0.4 is 4.72 Å². The van der Waals surface area contributed by atoms with Gasteiger partial charge in [-0.05, 0) is 19.1 Å². The molecule has 0 aliphatic carbocycles. The smallest absolute Gasteiger partial charge is 0.240 e. The van der Waals surface area contributed by atoms with Crippen molar-refractivity contribution in [3.05, 3.63) is 46.4 Å². The zero-order valence-corrected chi connectivity index (χ0v) is 11.6. The van der Waals surface area contributed by atoms with Crippen molar-refractivity contribution < 1.29 is 8.42 Å². The van der Waals surface area contributed by atoms with Crippen molar-refractivity contribution in [3.63, 3.8) is 0 Å². The Bertz CT molecular complexity index is 590. The van der Waals surface area contributed by atoms with Gasteiger partial charge in [0.15, 0.2) is 0 Å². The average molecular weight is 282 g/mol. The van der Waals surface area contributed by atoms with E-state index in [1.54, 1.807) is 30.5 Å². The van der Waals surface area contributed by atoms with Crippen LogP contribution in [0, 0.1) is 6.92 Å². The summed E-state index contributed by atoms with van der Waals surface area (Å²) in [5.41, 5.74) is 1.04. The van der Waals surface area contributed by atoms with Crippen LogP contribution in [-0.4, -0.2) is 19.9 Å². The van der Waals surface area contributed by atoms with Crippen molar-refractivity contribution in [1.82, 2.24) is 9.71 Å². The Labute approximate surface area is 111 Å². The van der Waals surface area contributed by atoms with E-state index >= 15 is 0 Å². The van der Waals surface area contributed by atoms with Gasteiger partial charge in [0.1, 0.15) is 0 Å². The fourth-order valence-corrected chi connectivity index (χ4v) is 3.12. The van der Waals surface area contributed by atoms with Crippen LogP contribution in [0.15, 0.2) is 40.7 Å². The molecule has 0 saturated carbocycles. The molecule has 0 saturated heterocycles. The van der Waals surface area contributed by atoms with Crippen molar-refractivity contribution in [2.45, 2.75) is 18.2 Å². The zero-order chi connectivity index (χ0) is 13.0. The Hall–Kier alpha value is -1.24. The molecular formula is C12H14N2O2S2. The molecule has 0 aliphatic heterocycles. The molecule has 1 N–H and O–H groups in total. The molecule has 0 aliphatic rings. The summed E-state index contributed by atoms with van der Waals surface area (Å²) in [6, 6.07) is 6.80. The maximum atomic E-state index is 11.9. The quantitative estimate of drug-likeness (QED) is 0.912. The highest BCUT2D eigenvalue weighted by Gasteiger charge is 2.12. The monoisotopic (exact) mass is 282 g/mol. The average Bonchev–Trinajstić information content (AvgIpc) is 2.82. The van der Waals surface area contributed by atoms with Gasteiger partial charge in [0.25, 0.3) is 0 Å². The minimum Gasteiger partial charge on any atom is -0.250 e. The molecular weight excluding hydrogens is 268 g/mol. The minimum absolute atomic E-state index is 0.298. The van der Waals surface area contributed by atoms with E-state index in [1.165, 1.54) is 11.3 Å². The summed E-state index contributed by atoms with van der Waals surface area (Å²) >= 11 is 1.53. The van der Waals surface area contributed by atoms with Crippen LogP contribution in [0.1, 0.15) is 10.6 Å². The lowest BCUT2D eigenvalue weighted by Crippen LogP contribution is -2.25. The number of nitrogens with one attached hydrogen (secondary N) is 1. The van der Waals surface area contributed by atoms with Gasteiger partial charge < -0.3 is 0 Å². The number of rotatable bonds is 5. The lowest BCUT2D eigenvalue weighted by molar-refractivity contribution is 0.581. The number of hydrogen-bond acceptors (Lipinski definition) is 4. The molecule has 2 aromatic rings. The van der Waals surface area contributed by atoms with Gasteiger partial charge in [-0.25, -0.2) is 18.1 Å².